The second-order valence-electron chi connectivity index (χ2n) is 0.595. The van der Waals surface area contributed by atoms with Crippen LogP contribution in [0.1, 0.15) is 0 Å². The number of rotatable bonds is 0. The van der Waals surface area contributed by atoms with E-state index in [0.717, 1.165) is 0 Å². The van der Waals surface area contributed by atoms with Gasteiger partial charge in [0, 0.05) is 0 Å². The Hall–Kier alpha value is 0.0500. The highest BCUT2D eigenvalue weighted by atomic mass is 31.2. The summed E-state index contributed by atoms with van der Waals surface area (Å²) in [4.78, 5) is 28.5. The zero-order valence-electron chi connectivity index (χ0n) is 5.62. The van der Waals surface area contributed by atoms with Gasteiger partial charge in [0.2, 0.25) is 0 Å². The van der Waals surface area contributed by atoms with E-state index in [0.29, 0.717) is 0 Å². The summed E-state index contributed by atoms with van der Waals surface area (Å²) in [6.45, 7) is 0. The maximum atomic E-state index is 8.88. The number of hydrogen-bond acceptors (Lipinski definition) is 5. The highest BCUT2D eigenvalue weighted by Gasteiger charge is 2.00. The lowest BCUT2D eigenvalue weighted by Crippen LogP contribution is -1.66. The van der Waals surface area contributed by atoms with Crippen molar-refractivity contribution >= 4 is 16.5 Å². The van der Waals surface area contributed by atoms with Gasteiger partial charge in [-0.3, -0.25) is 0 Å². The van der Waals surface area contributed by atoms with E-state index in [4.69, 9.17) is 28.7 Å². The molecule has 0 saturated carbocycles. The first-order chi connectivity index (χ1) is 3.41. The van der Waals surface area contributed by atoms with Crippen molar-refractivity contribution in [2.75, 3.05) is 0 Å². The van der Waals surface area contributed by atoms with Crippen molar-refractivity contribution in [2.45, 2.75) is 0 Å². The largest absolute Gasteiger partial charge is 0.466 e. The summed E-state index contributed by atoms with van der Waals surface area (Å²) in [6, 6.07) is 0. The Morgan fingerprint density at radius 2 is 1.00 bits per heavy atom. The first-order valence-corrected chi connectivity index (χ1v) is 3.50. The van der Waals surface area contributed by atoms with E-state index in [1.54, 1.807) is 0 Å². The van der Waals surface area contributed by atoms with E-state index in [2.05, 4.69) is 0 Å². The molecular weight excluding hydrogens is 200 g/mol. The molecule has 0 fully saturated rings. The minimum absolute atomic E-state index is 0. The molecule has 0 aliphatic heterocycles. The molecule has 0 rings (SSSR count). The predicted molar refractivity (Wildman–Crippen MR) is 39.2 cm³/mol. The highest BCUT2D eigenvalue weighted by molar-refractivity contribution is 7.45. The summed E-state index contributed by atoms with van der Waals surface area (Å²) in [6.07, 6.45) is 0. The monoisotopic (exact) mass is 213 g/mol. The molecule has 9 nitrogen and oxygen atoms in total. The molecule has 0 aromatic carbocycles. The Labute approximate surface area is 64.7 Å². The van der Waals surface area contributed by atoms with E-state index < -0.39 is 16.5 Å². The molecule has 0 saturated heterocycles. The summed E-state index contributed by atoms with van der Waals surface area (Å²) in [5.74, 6) is 0. The summed E-state index contributed by atoms with van der Waals surface area (Å²) in [5.41, 5.74) is 0. The Morgan fingerprint density at radius 1 is 1.00 bits per heavy atom. The number of phosphoric acid groups is 1. The minimum Gasteiger partial charge on any atom is -0.344 e. The average Bonchev–Trinajstić information content (AvgIpc) is 1.27. The summed E-state index contributed by atoms with van der Waals surface area (Å²) in [7, 11) is -5.47. The van der Waals surface area contributed by atoms with Gasteiger partial charge in [-0.15, -0.1) is 0 Å². The lowest BCUT2D eigenvalue weighted by molar-refractivity contribution is 0.275. The van der Waals surface area contributed by atoms with Crippen LogP contribution >= 0.6 is 16.5 Å². The van der Waals surface area contributed by atoms with Crippen molar-refractivity contribution in [3.8, 4) is 0 Å². The molecule has 13 N–H and O–H groups in total. The van der Waals surface area contributed by atoms with Crippen molar-refractivity contribution in [1.82, 2.24) is 18.5 Å². The van der Waals surface area contributed by atoms with Crippen molar-refractivity contribution in [3.05, 3.63) is 0 Å². The molecule has 0 atom stereocenters. The predicted octanol–water partition coefficient (Wildman–Crippen LogP) is -0.257. The highest BCUT2D eigenvalue weighted by Crippen LogP contribution is 2.25. The average molecular weight is 213 g/mol. The van der Waals surface area contributed by atoms with Crippen LogP contribution in [0.2, 0.25) is 0 Å². The van der Waals surface area contributed by atoms with E-state index in [1.165, 1.54) is 0 Å². The zero-order valence-corrected chi connectivity index (χ0v) is 7.41. The van der Waals surface area contributed by atoms with Crippen LogP contribution < -0.4 is 18.5 Å². The zero-order chi connectivity index (χ0) is 7.21. The standard InChI is InChI=1S/3H3N.H3O4P.HO2P/c;;;1-5(2,3)4;1-3-2/h3*1H3;(H3,1,2,3,4);(H,1,2). The Bertz CT molecular complexity index is 89.7. The lowest BCUT2D eigenvalue weighted by Gasteiger charge is -1.82. The molecule has 0 aliphatic carbocycles. The normalized spacial score (nSPS) is 7.27. The van der Waals surface area contributed by atoms with Crippen molar-refractivity contribution in [2.24, 2.45) is 0 Å². The van der Waals surface area contributed by atoms with Crippen molar-refractivity contribution in [3.63, 3.8) is 0 Å². The van der Waals surface area contributed by atoms with Gasteiger partial charge in [0.1, 0.15) is 0 Å². The van der Waals surface area contributed by atoms with Crippen molar-refractivity contribution in [1.29, 1.82) is 0 Å². The van der Waals surface area contributed by atoms with Crippen LogP contribution in [0.5, 0.6) is 0 Å². The molecule has 0 amide bonds. The fraction of sp³-hybridized carbons (Fsp3) is 0. The third-order valence-corrected chi connectivity index (χ3v) is 0. The minimum atomic E-state index is -4.64. The van der Waals surface area contributed by atoms with Crippen LogP contribution in [0, 0.1) is 0 Å². The first-order valence-electron chi connectivity index (χ1n) is 1.17. The molecule has 0 aromatic rings. The van der Waals surface area contributed by atoms with Gasteiger partial charge < -0.3 is 38.0 Å². The third kappa shape index (κ3) is 261000. The molecule has 0 heterocycles. The summed E-state index contributed by atoms with van der Waals surface area (Å²) >= 11 is 0. The Morgan fingerprint density at radius 3 is 1.00 bits per heavy atom. The lowest BCUT2D eigenvalue weighted by atomic mass is 14.0. The van der Waals surface area contributed by atoms with Gasteiger partial charge in [-0.2, -0.15) is 0 Å². The van der Waals surface area contributed by atoms with Gasteiger partial charge >= 0.3 is 16.5 Å². The van der Waals surface area contributed by atoms with Gasteiger partial charge in [-0.25, -0.2) is 9.13 Å². The van der Waals surface area contributed by atoms with Crippen LogP contribution in [0.3, 0.4) is 0 Å². The van der Waals surface area contributed by atoms with E-state index >= 15 is 0 Å². The van der Waals surface area contributed by atoms with Gasteiger partial charge in [0.25, 0.3) is 0 Å². The summed E-state index contributed by atoms with van der Waals surface area (Å²) < 4.78 is 17.3. The van der Waals surface area contributed by atoms with Crippen LogP contribution in [0.15, 0.2) is 0 Å². The molecule has 0 aromatic heterocycles. The fourth-order valence-electron chi connectivity index (χ4n) is 0. The van der Waals surface area contributed by atoms with Crippen LogP contribution in [-0.4, -0.2) is 19.6 Å². The van der Waals surface area contributed by atoms with Gasteiger partial charge in [-0.1, -0.05) is 0 Å². The second-order valence-corrected chi connectivity index (χ2v) is 1.78. The topological polar surface area (TPSA) is 220 Å². The third-order valence-electron chi connectivity index (χ3n) is 0. The van der Waals surface area contributed by atoms with Crippen molar-refractivity contribution < 1.29 is 28.7 Å². The van der Waals surface area contributed by atoms with E-state index in [1.807, 2.05) is 0 Å². The molecule has 0 unspecified atom stereocenters. The maximum Gasteiger partial charge on any atom is 0.466 e. The fourth-order valence-corrected chi connectivity index (χ4v) is 0. The molecule has 0 spiro atoms. The van der Waals surface area contributed by atoms with Crippen LogP contribution in [-0.2, 0) is 9.13 Å². The van der Waals surface area contributed by atoms with E-state index in [9.17, 15) is 0 Å². The van der Waals surface area contributed by atoms with Crippen LogP contribution in [0.25, 0.3) is 0 Å². The van der Waals surface area contributed by atoms with E-state index in [-0.39, 0.29) is 18.5 Å². The Balaban J connectivity index is -0.0000000183. The second kappa shape index (κ2) is 16.6. The molecule has 11 heavy (non-hydrogen) atoms. The van der Waals surface area contributed by atoms with Crippen LogP contribution in [0.4, 0.5) is 0 Å². The number of hydrogen-bond donors (Lipinski definition) is 7. The summed E-state index contributed by atoms with van der Waals surface area (Å²) in [5, 5.41) is 0. The smallest absolute Gasteiger partial charge is 0.344 e. The van der Waals surface area contributed by atoms with Gasteiger partial charge in [0.15, 0.2) is 0 Å². The Kier molecular flexibility index (Phi) is 45.9. The first kappa shape index (κ1) is 30.5. The SMILES string of the molecule is N.N.N.O=P(O)(O)O.O=PO. The molecule has 74 valence electrons. The van der Waals surface area contributed by atoms with Gasteiger partial charge in [-0.05, 0) is 0 Å². The quantitative estimate of drug-likeness (QED) is 0.263. The molecular formula is H13N3O6P2. The molecule has 0 radical (unpaired) electrons. The maximum absolute atomic E-state index is 8.88. The molecule has 11 heteroatoms. The van der Waals surface area contributed by atoms with Gasteiger partial charge in [0.05, 0.1) is 0 Å². The molecule has 0 aliphatic rings. The molecule has 0 bridgehead atoms.